The molecule has 1 aromatic rings. The van der Waals surface area contributed by atoms with Crippen molar-refractivity contribution in [3.8, 4) is 0 Å². The van der Waals surface area contributed by atoms with Crippen molar-refractivity contribution in [2.45, 2.75) is 18.7 Å². The van der Waals surface area contributed by atoms with E-state index in [2.05, 4.69) is 0 Å². The van der Waals surface area contributed by atoms with Gasteiger partial charge >= 0.3 is 6.18 Å². The van der Waals surface area contributed by atoms with Crippen molar-refractivity contribution in [2.75, 3.05) is 0 Å². The second-order valence-electron chi connectivity index (χ2n) is 3.79. The lowest BCUT2D eigenvalue weighted by molar-refractivity contribution is -0.392. The predicted molar refractivity (Wildman–Crippen MR) is 55.4 cm³/mol. The van der Waals surface area contributed by atoms with E-state index in [0.717, 1.165) is 0 Å². The summed E-state index contributed by atoms with van der Waals surface area (Å²) in [6.45, 7) is 0.291. The molecule has 1 aromatic carbocycles. The monoisotopic (exact) mass is 280 g/mol. The van der Waals surface area contributed by atoms with Gasteiger partial charge in [-0.1, -0.05) is 0 Å². The van der Waals surface area contributed by atoms with Crippen molar-refractivity contribution in [3.63, 3.8) is 0 Å². The Labute approximate surface area is 103 Å². The van der Waals surface area contributed by atoms with Crippen molar-refractivity contribution in [1.82, 2.24) is 0 Å². The van der Waals surface area contributed by atoms with Gasteiger partial charge < -0.3 is 5.11 Å². The summed E-state index contributed by atoms with van der Waals surface area (Å²) in [5.41, 5.74) is -6.58. The number of rotatable bonds is 3. The number of alkyl halides is 3. The highest BCUT2D eigenvalue weighted by molar-refractivity contribution is 5.51. The third-order valence-corrected chi connectivity index (χ3v) is 2.46. The number of benzene rings is 1. The molecule has 10 heteroatoms. The molecule has 1 unspecified atom stereocenters. The average Bonchev–Trinajstić information content (AvgIpc) is 2.26. The van der Waals surface area contributed by atoms with Crippen LogP contribution < -0.4 is 0 Å². The van der Waals surface area contributed by atoms with Crippen LogP contribution in [0.15, 0.2) is 18.2 Å². The predicted octanol–water partition coefficient (Wildman–Crippen LogP) is 2.27. The molecule has 0 aliphatic rings. The molecule has 0 heterocycles. The Morgan fingerprint density at radius 3 is 2.05 bits per heavy atom. The summed E-state index contributed by atoms with van der Waals surface area (Å²) in [5.74, 6) is 0. The van der Waals surface area contributed by atoms with Crippen molar-refractivity contribution in [3.05, 3.63) is 44.0 Å². The quantitative estimate of drug-likeness (QED) is 0.675. The van der Waals surface area contributed by atoms with Crippen LogP contribution in [0.3, 0.4) is 0 Å². The van der Waals surface area contributed by atoms with E-state index >= 15 is 0 Å². The highest BCUT2D eigenvalue weighted by Crippen LogP contribution is 2.43. The van der Waals surface area contributed by atoms with Gasteiger partial charge in [0.05, 0.1) is 15.4 Å². The molecule has 0 saturated carbocycles. The smallest absolute Gasteiger partial charge is 0.376 e. The van der Waals surface area contributed by atoms with Gasteiger partial charge in [0.25, 0.3) is 11.4 Å². The molecule has 0 spiro atoms. The first-order valence-electron chi connectivity index (χ1n) is 4.71. The first-order valence-corrected chi connectivity index (χ1v) is 4.71. The number of nitro benzene ring substituents is 2. The Kier molecular flexibility index (Phi) is 3.48. The van der Waals surface area contributed by atoms with Crippen LogP contribution in [0, 0.1) is 20.2 Å². The summed E-state index contributed by atoms with van der Waals surface area (Å²) in [5, 5.41) is 30.5. The van der Waals surface area contributed by atoms with E-state index in [1.165, 1.54) is 0 Å². The largest absolute Gasteiger partial charge is 0.421 e. The lowest BCUT2D eigenvalue weighted by atomic mass is 9.93. The maximum atomic E-state index is 12.7. The van der Waals surface area contributed by atoms with Crippen LogP contribution in [0.4, 0.5) is 24.5 Å². The number of aliphatic hydroxyl groups is 1. The molecule has 19 heavy (non-hydrogen) atoms. The number of hydrogen-bond acceptors (Lipinski definition) is 5. The first kappa shape index (κ1) is 14.8. The van der Waals surface area contributed by atoms with Gasteiger partial charge in [0.15, 0.2) is 5.60 Å². The summed E-state index contributed by atoms with van der Waals surface area (Å²) in [6, 6.07) is 1.58. The molecule has 0 amide bonds. The Balaban J connectivity index is 3.58. The maximum absolute atomic E-state index is 12.7. The number of halogens is 3. The van der Waals surface area contributed by atoms with Crippen molar-refractivity contribution >= 4 is 11.4 Å². The van der Waals surface area contributed by atoms with Crippen LogP contribution in [0.5, 0.6) is 0 Å². The molecule has 1 atom stereocenters. The number of nitro groups is 2. The van der Waals surface area contributed by atoms with Crippen LogP contribution in [-0.2, 0) is 5.60 Å². The number of hydrogen-bond donors (Lipinski definition) is 1. The van der Waals surface area contributed by atoms with E-state index < -0.39 is 38.6 Å². The molecule has 104 valence electrons. The van der Waals surface area contributed by atoms with E-state index in [1.54, 1.807) is 0 Å². The van der Waals surface area contributed by atoms with Gasteiger partial charge in [-0.25, -0.2) is 0 Å². The SMILES string of the molecule is CC(O)(c1cc([N+](=O)[O-])ccc1[N+](=O)[O-])C(F)(F)F. The minimum absolute atomic E-state index is 0.291. The first-order chi connectivity index (χ1) is 8.48. The fourth-order valence-corrected chi connectivity index (χ4v) is 1.34. The molecular formula is C9H7F3N2O5. The van der Waals surface area contributed by atoms with Crippen LogP contribution >= 0.6 is 0 Å². The summed E-state index contributed by atoms with van der Waals surface area (Å²) < 4.78 is 38.0. The minimum atomic E-state index is -5.22. The van der Waals surface area contributed by atoms with E-state index in [1.807, 2.05) is 0 Å². The zero-order valence-electron chi connectivity index (χ0n) is 9.34. The van der Waals surface area contributed by atoms with Gasteiger partial charge in [0, 0.05) is 18.2 Å². The number of non-ortho nitro benzene ring substituents is 1. The van der Waals surface area contributed by atoms with Crippen LogP contribution in [0.25, 0.3) is 0 Å². The van der Waals surface area contributed by atoms with Gasteiger partial charge in [-0.3, -0.25) is 20.2 Å². The lowest BCUT2D eigenvalue weighted by Crippen LogP contribution is -2.39. The zero-order valence-corrected chi connectivity index (χ0v) is 9.34. The summed E-state index contributed by atoms with van der Waals surface area (Å²) in [7, 11) is 0. The Bertz CT molecular complexity index is 541. The van der Waals surface area contributed by atoms with E-state index in [4.69, 9.17) is 0 Å². The Morgan fingerprint density at radius 1 is 1.16 bits per heavy atom. The van der Waals surface area contributed by atoms with Gasteiger partial charge in [-0.15, -0.1) is 0 Å². The van der Waals surface area contributed by atoms with Gasteiger partial charge in [-0.2, -0.15) is 13.2 Å². The summed E-state index contributed by atoms with van der Waals surface area (Å²) >= 11 is 0. The Hall–Kier alpha value is -2.23. The summed E-state index contributed by atoms with van der Waals surface area (Å²) in [6.07, 6.45) is -5.22. The highest BCUT2D eigenvalue weighted by Gasteiger charge is 2.54. The normalized spacial score (nSPS) is 14.8. The molecule has 0 fully saturated rings. The molecule has 0 bridgehead atoms. The van der Waals surface area contributed by atoms with E-state index in [9.17, 15) is 38.5 Å². The standard InChI is InChI=1S/C9H7F3N2O5/c1-8(15,9(10,11)12)6-4-5(13(16)17)2-3-7(6)14(18)19/h2-4,15H,1H3. The van der Waals surface area contributed by atoms with Crippen molar-refractivity contribution in [2.24, 2.45) is 0 Å². The zero-order chi connectivity index (χ0) is 15.0. The molecule has 0 radical (unpaired) electrons. The fraction of sp³-hybridized carbons (Fsp3) is 0.333. The van der Waals surface area contributed by atoms with Gasteiger partial charge in [-0.05, 0) is 6.92 Å². The maximum Gasteiger partial charge on any atom is 0.421 e. The van der Waals surface area contributed by atoms with Crippen LogP contribution in [0.2, 0.25) is 0 Å². The van der Waals surface area contributed by atoms with Crippen molar-refractivity contribution < 1.29 is 28.1 Å². The molecule has 1 N–H and O–H groups in total. The molecular weight excluding hydrogens is 273 g/mol. The van der Waals surface area contributed by atoms with Gasteiger partial charge in [0.1, 0.15) is 0 Å². The average molecular weight is 280 g/mol. The lowest BCUT2D eigenvalue weighted by Gasteiger charge is -2.26. The number of nitrogens with zero attached hydrogens (tertiary/aromatic N) is 2. The molecule has 0 aliphatic heterocycles. The third-order valence-electron chi connectivity index (χ3n) is 2.46. The second-order valence-corrected chi connectivity index (χ2v) is 3.79. The second kappa shape index (κ2) is 4.46. The summed E-state index contributed by atoms with van der Waals surface area (Å²) in [4.78, 5) is 18.9. The third kappa shape index (κ3) is 2.62. The van der Waals surface area contributed by atoms with Crippen LogP contribution in [0.1, 0.15) is 12.5 Å². The molecule has 1 rings (SSSR count). The molecule has 0 aliphatic carbocycles. The minimum Gasteiger partial charge on any atom is -0.376 e. The fourth-order valence-electron chi connectivity index (χ4n) is 1.34. The Morgan fingerprint density at radius 2 is 1.68 bits per heavy atom. The molecule has 7 nitrogen and oxygen atoms in total. The topological polar surface area (TPSA) is 107 Å². The van der Waals surface area contributed by atoms with E-state index in [0.29, 0.717) is 25.1 Å². The van der Waals surface area contributed by atoms with Gasteiger partial charge in [0.2, 0.25) is 0 Å². The molecule has 0 aromatic heterocycles. The van der Waals surface area contributed by atoms with Crippen molar-refractivity contribution in [1.29, 1.82) is 0 Å². The van der Waals surface area contributed by atoms with Crippen LogP contribution in [-0.4, -0.2) is 21.1 Å². The highest BCUT2D eigenvalue weighted by atomic mass is 19.4. The molecule has 0 saturated heterocycles. The van der Waals surface area contributed by atoms with E-state index in [-0.39, 0.29) is 0 Å².